The van der Waals surface area contributed by atoms with Gasteiger partial charge in [0.15, 0.2) is 0 Å². The monoisotopic (exact) mass is 300 g/mol. The molecule has 0 saturated heterocycles. The van der Waals surface area contributed by atoms with Gasteiger partial charge >= 0.3 is 0 Å². The molecule has 0 aliphatic carbocycles. The molecule has 6 heteroatoms. The fourth-order valence-corrected chi connectivity index (χ4v) is 2.18. The lowest BCUT2D eigenvalue weighted by Crippen LogP contribution is -2.25. The second kappa shape index (κ2) is 6.90. The molecular weight excluding hydrogens is 280 g/mol. The van der Waals surface area contributed by atoms with Crippen LogP contribution in [0.1, 0.15) is 25.8 Å². The van der Waals surface area contributed by atoms with Gasteiger partial charge in [-0.15, -0.1) is 0 Å². The summed E-state index contributed by atoms with van der Waals surface area (Å²) in [5.74, 6) is 0. The Kier molecular flexibility index (Phi) is 5.77. The van der Waals surface area contributed by atoms with Crippen LogP contribution in [-0.2, 0) is 4.74 Å². The first kappa shape index (κ1) is 16.7. The Labute approximate surface area is 124 Å². The first-order valence-corrected chi connectivity index (χ1v) is 6.82. The average molecular weight is 301 g/mol. The highest BCUT2D eigenvalue weighted by molar-refractivity contribution is 6.33. The highest BCUT2D eigenvalue weighted by Gasteiger charge is 2.19. The molecule has 0 fully saturated rings. The highest BCUT2D eigenvalue weighted by atomic mass is 35.5. The zero-order valence-electron chi connectivity index (χ0n) is 12.3. The summed E-state index contributed by atoms with van der Waals surface area (Å²) in [5.41, 5.74) is 1.58. The van der Waals surface area contributed by atoms with E-state index in [0.717, 1.165) is 17.7 Å². The Hall–Kier alpha value is -1.33. The van der Waals surface area contributed by atoms with Crippen LogP contribution < -0.4 is 5.32 Å². The number of anilines is 1. The molecule has 0 amide bonds. The molecule has 0 aliphatic rings. The average Bonchev–Trinajstić information content (AvgIpc) is 2.35. The van der Waals surface area contributed by atoms with Crippen LogP contribution >= 0.6 is 11.6 Å². The third kappa shape index (κ3) is 4.65. The van der Waals surface area contributed by atoms with Gasteiger partial charge < -0.3 is 10.1 Å². The Morgan fingerprint density at radius 3 is 2.60 bits per heavy atom. The van der Waals surface area contributed by atoms with Crippen molar-refractivity contribution in [1.82, 2.24) is 0 Å². The van der Waals surface area contributed by atoms with Crippen LogP contribution in [0.15, 0.2) is 12.1 Å². The quantitative estimate of drug-likeness (QED) is 0.610. The van der Waals surface area contributed by atoms with Crippen LogP contribution in [0, 0.1) is 22.5 Å². The molecule has 1 rings (SSSR count). The molecule has 0 aromatic heterocycles. The SMILES string of the molecule is COCCC(C)(C)CNc1c(C)cc([N+](=O)[O-])cc1Cl. The highest BCUT2D eigenvalue weighted by Crippen LogP contribution is 2.32. The van der Waals surface area contributed by atoms with Crippen LogP contribution in [0.25, 0.3) is 0 Å². The van der Waals surface area contributed by atoms with Crippen molar-refractivity contribution < 1.29 is 9.66 Å². The number of aryl methyl sites for hydroxylation is 1. The molecule has 0 unspecified atom stereocenters. The van der Waals surface area contributed by atoms with Crippen molar-refractivity contribution in [2.75, 3.05) is 25.6 Å². The Balaban J connectivity index is 2.81. The molecule has 20 heavy (non-hydrogen) atoms. The molecule has 0 atom stereocenters. The van der Waals surface area contributed by atoms with Crippen LogP contribution in [0.5, 0.6) is 0 Å². The lowest BCUT2D eigenvalue weighted by atomic mass is 9.89. The minimum absolute atomic E-state index is 0.0108. The van der Waals surface area contributed by atoms with Crippen LogP contribution in [0.4, 0.5) is 11.4 Å². The summed E-state index contributed by atoms with van der Waals surface area (Å²) >= 11 is 6.12. The van der Waals surface area contributed by atoms with E-state index in [4.69, 9.17) is 16.3 Å². The number of nitro groups is 1. The van der Waals surface area contributed by atoms with Gasteiger partial charge in [0.25, 0.3) is 5.69 Å². The van der Waals surface area contributed by atoms with E-state index in [1.165, 1.54) is 12.1 Å². The number of methoxy groups -OCH3 is 1. The molecule has 112 valence electrons. The lowest BCUT2D eigenvalue weighted by Gasteiger charge is -2.26. The topological polar surface area (TPSA) is 64.4 Å². The summed E-state index contributed by atoms with van der Waals surface area (Å²) in [6.45, 7) is 7.49. The minimum atomic E-state index is -0.439. The van der Waals surface area contributed by atoms with Gasteiger partial charge in [0.1, 0.15) is 0 Å². The number of nitro benzene ring substituents is 1. The van der Waals surface area contributed by atoms with Gasteiger partial charge in [0.05, 0.1) is 15.6 Å². The second-order valence-corrected chi connectivity index (χ2v) is 6.04. The fourth-order valence-electron chi connectivity index (χ4n) is 1.85. The number of hydrogen-bond acceptors (Lipinski definition) is 4. The van der Waals surface area contributed by atoms with Gasteiger partial charge in [0, 0.05) is 32.4 Å². The molecule has 0 aliphatic heterocycles. The number of nitrogens with one attached hydrogen (secondary N) is 1. The Bertz CT molecular complexity index is 466. The van der Waals surface area contributed by atoms with Crippen molar-refractivity contribution in [2.24, 2.45) is 5.41 Å². The zero-order chi connectivity index (χ0) is 15.3. The van der Waals surface area contributed by atoms with E-state index in [-0.39, 0.29) is 11.1 Å². The van der Waals surface area contributed by atoms with Gasteiger partial charge in [-0.05, 0) is 24.3 Å². The first-order chi connectivity index (χ1) is 9.26. The maximum absolute atomic E-state index is 10.8. The summed E-state index contributed by atoms with van der Waals surface area (Å²) in [7, 11) is 1.68. The first-order valence-electron chi connectivity index (χ1n) is 6.44. The largest absolute Gasteiger partial charge is 0.385 e. The van der Waals surface area contributed by atoms with E-state index >= 15 is 0 Å². The summed E-state index contributed by atoms with van der Waals surface area (Å²) in [4.78, 5) is 10.3. The van der Waals surface area contributed by atoms with E-state index in [9.17, 15) is 10.1 Å². The maximum Gasteiger partial charge on any atom is 0.271 e. The summed E-state index contributed by atoms with van der Waals surface area (Å²) in [5, 5.41) is 14.4. The number of non-ortho nitro benzene ring substituents is 1. The van der Waals surface area contributed by atoms with E-state index in [1.807, 2.05) is 6.92 Å². The summed E-state index contributed by atoms with van der Waals surface area (Å²) < 4.78 is 5.09. The molecule has 1 aromatic carbocycles. The summed E-state index contributed by atoms with van der Waals surface area (Å²) in [6, 6.07) is 2.90. The molecule has 1 aromatic rings. The smallest absolute Gasteiger partial charge is 0.271 e. The fraction of sp³-hybridized carbons (Fsp3) is 0.571. The maximum atomic E-state index is 10.8. The number of nitrogens with zero attached hydrogens (tertiary/aromatic N) is 1. The van der Waals surface area contributed by atoms with Gasteiger partial charge in [-0.1, -0.05) is 25.4 Å². The standard InChI is InChI=1S/C14H21ClN2O3/c1-10-7-11(17(18)19)8-12(15)13(10)16-9-14(2,3)5-6-20-4/h7-8,16H,5-6,9H2,1-4H3. The third-order valence-electron chi connectivity index (χ3n) is 3.21. The van der Waals surface area contributed by atoms with Gasteiger partial charge in [-0.3, -0.25) is 10.1 Å². The van der Waals surface area contributed by atoms with E-state index in [2.05, 4.69) is 19.2 Å². The molecule has 0 saturated carbocycles. The van der Waals surface area contributed by atoms with Crippen LogP contribution in [-0.4, -0.2) is 25.2 Å². The molecule has 0 radical (unpaired) electrons. The van der Waals surface area contributed by atoms with Gasteiger partial charge in [0.2, 0.25) is 0 Å². The van der Waals surface area contributed by atoms with E-state index in [1.54, 1.807) is 7.11 Å². The number of rotatable bonds is 7. The Morgan fingerprint density at radius 2 is 2.10 bits per heavy atom. The summed E-state index contributed by atoms with van der Waals surface area (Å²) in [6.07, 6.45) is 0.917. The van der Waals surface area contributed by atoms with Crippen molar-refractivity contribution in [3.63, 3.8) is 0 Å². The van der Waals surface area contributed by atoms with Crippen LogP contribution in [0.2, 0.25) is 5.02 Å². The van der Waals surface area contributed by atoms with Crippen molar-refractivity contribution in [2.45, 2.75) is 27.2 Å². The molecule has 0 heterocycles. The molecule has 1 N–H and O–H groups in total. The predicted molar refractivity (Wildman–Crippen MR) is 81.6 cm³/mol. The van der Waals surface area contributed by atoms with Gasteiger partial charge in [-0.2, -0.15) is 0 Å². The number of hydrogen-bond donors (Lipinski definition) is 1. The van der Waals surface area contributed by atoms with E-state index < -0.39 is 4.92 Å². The van der Waals surface area contributed by atoms with Crippen molar-refractivity contribution in [1.29, 1.82) is 0 Å². The molecule has 5 nitrogen and oxygen atoms in total. The number of ether oxygens (including phenoxy) is 1. The predicted octanol–water partition coefficient (Wildman–Crippen LogP) is 4.03. The van der Waals surface area contributed by atoms with Crippen molar-refractivity contribution in [3.8, 4) is 0 Å². The molecule has 0 bridgehead atoms. The lowest BCUT2D eigenvalue weighted by molar-refractivity contribution is -0.384. The second-order valence-electron chi connectivity index (χ2n) is 5.64. The Morgan fingerprint density at radius 1 is 1.45 bits per heavy atom. The number of halogens is 1. The number of benzene rings is 1. The van der Waals surface area contributed by atoms with Crippen molar-refractivity contribution >= 4 is 23.0 Å². The zero-order valence-corrected chi connectivity index (χ0v) is 13.1. The molecule has 0 spiro atoms. The van der Waals surface area contributed by atoms with Crippen LogP contribution in [0.3, 0.4) is 0 Å². The third-order valence-corrected chi connectivity index (χ3v) is 3.51. The van der Waals surface area contributed by atoms with Gasteiger partial charge in [-0.25, -0.2) is 0 Å². The normalized spacial score (nSPS) is 11.4. The van der Waals surface area contributed by atoms with E-state index in [0.29, 0.717) is 18.2 Å². The molecular formula is C14H21ClN2O3. The van der Waals surface area contributed by atoms with Crippen molar-refractivity contribution in [3.05, 3.63) is 32.8 Å². The minimum Gasteiger partial charge on any atom is -0.385 e.